The summed E-state index contributed by atoms with van der Waals surface area (Å²) in [6.45, 7) is 1.27. The van der Waals surface area contributed by atoms with Crippen LogP contribution < -0.4 is 4.74 Å². The summed E-state index contributed by atoms with van der Waals surface area (Å²) in [5.74, 6) is -4.06. The highest BCUT2D eigenvalue weighted by molar-refractivity contribution is 6.34. The fraction of sp³-hybridized carbons (Fsp3) is 0.194. The van der Waals surface area contributed by atoms with E-state index in [1.165, 1.54) is 36.4 Å². The van der Waals surface area contributed by atoms with Crippen molar-refractivity contribution in [1.29, 1.82) is 0 Å². The van der Waals surface area contributed by atoms with Crippen molar-refractivity contribution < 1.29 is 28.7 Å². The Balaban J connectivity index is 1.40. The number of allylic oxidation sites excluding steroid dienone is 2. The van der Waals surface area contributed by atoms with Crippen molar-refractivity contribution >= 4 is 41.1 Å². The topological polar surface area (TPSA) is 101 Å². The Morgan fingerprint density at radius 1 is 0.900 bits per heavy atom. The van der Waals surface area contributed by atoms with Gasteiger partial charge in [-0.25, -0.2) is 9.80 Å². The third-order valence-corrected chi connectivity index (χ3v) is 7.45. The molecule has 0 spiro atoms. The van der Waals surface area contributed by atoms with Gasteiger partial charge in [-0.15, -0.1) is 0 Å². The molecule has 3 aromatic carbocycles. The molecule has 0 N–H and O–H groups in total. The lowest BCUT2D eigenvalue weighted by Crippen LogP contribution is -2.52. The van der Waals surface area contributed by atoms with Crippen molar-refractivity contribution in [2.75, 3.05) is 6.54 Å². The average molecular weight is 557 g/mol. The number of carbonyl (C=O) groups excluding carboxylic acids is 5. The number of benzene rings is 3. The second-order valence-corrected chi connectivity index (χ2v) is 10.1. The molecular weight excluding hydrogens is 532 g/mol. The zero-order chi connectivity index (χ0) is 28.4. The first kappa shape index (κ1) is 27.0. The molecule has 40 heavy (non-hydrogen) atoms. The summed E-state index contributed by atoms with van der Waals surface area (Å²) < 4.78 is 5.37. The van der Waals surface area contributed by atoms with E-state index in [0.29, 0.717) is 12.0 Å². The third kappa shape index (κ3) is 5.18. The largest absolute Gasteiger partial charge is 0.423 e. The van der Waals surface area contributed by atoms with Crippen LogP contribution in [-0.2, 0) is 9.59 Å². The number of fused-ring (bicyclic) bond motifs is 1. The standard InChI is InChI=1S/C31H25ClN2O6/c1-19-8-7-12-24-27(19)30(38)34(29(24)37)33(28(36)23-11-5-6-13-25(23)32)18-26(35)20-14-16-22(17-15-20)40-31(39)21-9-3-2-4-10-21/h2-11,13-17,19,24,27H,12,18H2,1H3/t19-,24+,27+/m1/s1. The van der Waals surface area contributed by atoms with Crippen molar-refractivity contribution in [2.45, 2.75) is 13.3 Å². The van der Waals surface area contributed by atoms with Gasteiger partial charge in [0.25, 0.3) is 17.7 Å². The molecule has 0 bridgehead atoms. The lowest BCUT2D eigenvalue weighted by Gasteiger charge is -2.30. The minimum atomic E-state index is -0.742. The molecule has 1 saturated heterocycles. The van der Waals surface area contributed by atoms with Gasteiger partial charge in [-0.3, -0.25) is 19.2 Å². The Morgan fingerprint density at radius 3 is 2.25 bits per heavy atom. The third-order valence-electron chi connectivity index (χ3n) is 7.12. The second-order valence-electron chi connectivity index (χ2n) is 9.69. The molecular formula is C31H25ClN2O6. The zero-order valence-corrected chi connectivity index (χ0v) is 22.3. The molecule has 9 heteroatoms. The van der Waals surface area contributed by atoms with Crippen LogP contribution in [0.3, 0.4) is 0 Å². The minimum absolute atomic E-state index is 0.0572. The first-order valence-electron chi connectivity index (χ1n) is 12.8. The van der Waals surface area contributed by atoms with E-state index in [1.807, 2.05) is 19.1 Å². The molecule has 1 aliphatic carbocycles. The number of carbonyl (C=O) groups is 5. The second kappa shape index (κ2) is 11.3. The number of amides is 3. The van der Waals surface area contributed by atoms with Crippen molar-refractivity contribution in [3.05, 3.63) is 113 Å². The Hall–Kier alpha value is -4.56. The van der Waals surface area contributed by atoms with Crippen LogP contribution in [0.1, 0.15) is 44.4 Å². The number of imide groups is 1. The SMILES string of the molecule is C[C@@H]1C=CC[C@@H]2C(=O)N(N(CC(=O)c3ccc(OC(=O)c4ccccc4)cc3)C(=O)c3ccccc3Cl)C(=O)[C@@H]12. The molecule has 3 aromatic rings. The minimum Gasteiger partial charge on any atom is -0.423 e. The molecule has 1 fully saturated rings. The molecule has 1 heterocycles. The maximum atomic E-state index is 13.7. The van der Waals surface area contributed by atoms with Gasteiger partial charge in [-0.2, -0.15) is 5.01 Å². The van der Waals surface area contributed by atoms with E-state index in [-0.39, 0.29) is 27.8 Å². The van der Waals surface area contributed by atoms with Crippen LogP contribution in [0, 0.1) is 17.8 Å². The molecule has 8 nitrogen and oxygen atoms in total. The fourth-order valence-corrected chi connectivity index (χ4v) is 5.27. The molecule has 0 aromatic heterocycles. The number of ketones is 1. The number of hydrazine groups is 1. The van der Waals surface area contributed by atoms with Crippen LogP contribution in [0.5, 0.6) is 5.75 Å². The van der Waals surface area contributed by atoms with Crippen molar-refractivity contribution in [1.82, 2.24) is 10.0 Å². The van der Waals surface area contributed by atoms with Crippen LogP contribution >= 0.6 is 11.6 Å². The van der Waals surface area contributed by atoms with Gasteiger partial charge in [0.05, 0.1) is 28.0 Å². The molecule has 0 saturated carbocycles. The average Bonchev–Trinajstić information content (AvgIpc) is 3.22. The summed E-state index contributed by atoms with van der Waals surface area (Å²) in [7, 11) is 0. The van der Waals surface area contributed by atoms with E-state index in [1.54, 1.807) is 42.5 Å². The Kier molecular flexibility index (Phi) is 7.62. The molecule has 3 atom stereocenters. The lowest BCUT2D eigenvalue weighted by atomic mass is 9.78. The van der Waals surface area contributed by atoms with Crippen molar-refractivity contribution in [3.8, 4) is 5.75 Å². The number of esters is 1. The Labute approximate surface area is 235 Å². The summed E-state index contributed by atoms with van der Waals surface area (Å²) in [4.78, 5) is 66.3. The number of Topliss-reactive ketones (excluding diaryl/α,β-unsaturated/α-hetero) is 1. The number of ether oxygens (including phenoxy) is 1. The number of hydrogen-bond acceptors (Lipinski definition) is 6. The van der Waals surface area contributed by atoms with Gasteiger partial charge >= 0.3 is 5.97 Å². The van der Waals surface area contributed by atoms with E-state index in [4.69, 9.17) is 16.3 Å². The molecule has 202 valence electrons. The van der Waals surface area contributed by atoms with Gasteiger partial charge in [0.2, 0.25) is 0 Å². The zero-order valence-electron chi connectivity index (χ0n) is 21.5. The normalized spacial score (nSPS) is 19.8. The quantitative estimate of drug-likeness (QED) is 0.133. The van der Waals surface area contributed by atoms with E-state index in [2.05, 4.69) is 0 Å². The first-order chi connectivity index (χ1) is 19.3. The Bertz CT molecular complexity index is 1520. The van der Waals surface area contributed by atoms with Crippen LogP contribution in [0.2, 0.25) is 5.02 Å². The van der Waals surface area contributed by atoms with Crippen LogP contribution in [0.4, 0.5) is 0 Å². The highest BCUT2D eigenvalue weighted by Gasteiger charge is 2.53. The maximum Gasteiger partial charge on any atom is 0.343 e. The predicted octanol–water partition coefficient (Wildman–Crippen LogP) is 5.00. The summed E-state index contributed by atoms with van der Waals surface area (Å²) >= 11 is 6.27. The Morgan fingerprint density at radius 2 is 1.57 bits per heavy atom. The molecule has 3 amide bonds. The number of hydrogen-bond donors (Lipinski definition) is 0. The smallest absolute Gasteiger partial charge is 0.343 e. The fourth-order valence-electron chi connectivity index (χ4n) is 5.05. The number of halogens is 1. The van der Waals surface area contributed by atoms with E-state index < -0.39 is 47.9 Å². The van der Waals surface area contributed by atoms with Crippen molar-refractivity contribution in [3.63, 3.8) is 0 Å². The van der Waals surface area contributed by atoms with Gasteiger partial charge in [0.1, 0.15) is 12.3 Å². The monoisotopic (exact) mass is 556 g/mol. The molecule has 5 rings (SSSR count). The molecule has 2 aliphatic rings. The van der Waals surface area contributed by atoms with Gasteiger partial charge in [0.15, 0.2) is 5.78 Å². The maximum absolute atomic E-state index is 13.7. The molecule has 1 aliphatic heterocycles. The van der Waals surface area contributed by atoms with Gasteiger partial charge in [0, 0.05) is 5.56 Å². The van der Waals surface area contributed by atoms with Gasteiger partial charge < -0.3 is 4.74 Å². The van der Waals surface area contributed by atoms with Gasteiger partial charge in [-0.05, 0) is 60.9 Å². The predicted molar refractivity (Wildman–Crippen MR) is 146 cm³/mol. The van der Waals surface area contributed by atoms with E-state index in [9.17, 15) is 24.0 Å². The van der Waals surface area contributed by atoms with Crippen molar-refractivity contribution in [2.24, 2.45) is 17.8 Å². The van der Waals surface area contributed by atoms with E-state index in [0.717, 1.165) is 10.0 Å². The van der Waals surface area contributed by atoms with Crippen LogP contribution in [0.25, 0.3) is 0 Å². The summed E-state index contributed by atoms with van der Waals surface area (Å²) in [5, 5.41) is 1.84. The van der Waals surface area contributed by atoms with Crippen LogP contribution in [0.15, 0.2) is 91.0 Å². The van der Waals surface area contributed by atoms with Gasteiger partial charge in [-0.1, -0.05) is 61.0 Å². The number of rotatable bonds is 7. The summed E-state index contributed by atoms with van der Waals surface area (Å²) in [5.41, 5.74) is 0.631. The highest BCUT2D eigenvalue weighted by Crippen LogP contribution is 2.39. The number of nitrogens with zero attached hydrogens (tertiary/aromatic N) is 2. The highest BCUT2D eigenvalue weighted by atomic mass is 35.5. The van der Waals surface area contributed by atoms with Crippen LogP contribution in [-0.4, -0.2) is 46.0 Å². The lowest BCUT2D eigenvalue weighted by molar-refractivity contribution is -0.154. The van der Waals surface area contributed by atoms with E-state index >= 15 is 0 Å². The molecule has 0 radical (unpaired) electrons. The summed E-state index contributed by atoms with van der Waals surface area (Å²) in [6.07, 6.45) is 4.12. The first-order valence-corrected chi connectivity index (χ1v) is 13.2. The summed E-state index contributed by atoms with van der Waals surface area (Å²) in [6, 6.07) is 20.5. The molecule has 0 unspecified atom stereocenters.